The van der Waals surface area contributed by atoms with Crippen LogP contribution in [0.25, 0.3) is 0 Å². The van der Waals surface area contributed by atoms with Crippen LogP contribution in [0.3, 0.4) is 0 Å². The summed E-state index contributed by atoms with van der Waals surface area (Å²) in [6, 6.07) is 5.48. The molecule has 1 aliphatic heterocycles. The highest BCUT2D eigenvalue weighted by atomic mass is 32.2. The van der Waals surface area contributed by atoms with Gasteiger partial charge < -0.3 is 15.3 Å². The molecule has 2 N–H and O–H groups in total. The quantitative estimate of drug-likeness (QED) is 0.574. The minimum absolute atomic E-state index is 0.0316. The van der Waals surface area contributed by atoms with E-state index in [4.69, 9.17) is 9.90 Å². The van der Waals surface area contributed by atoms with Gasteiger partial charge in [0.2, 0.25) is 15.9 Å². The van der Waals surface area contributed by atoms with E-state index in [1.165, 1.54) is 4.31 Å². The number of aliphatic carboxylic acids is 1. The Balaban J connectivity index is 0.000000675. The highest BCUT2D eigenvalue weighted by molar-refractivity contribution is 7.89. The Morgan fingerprint density at radius 3 is 2.24 bits per heavy atom. The molecule has 188 valence electrons. The van der Waals surface area contributed by atoms with Crippen molar-refractivity contribution in [3.63, 3.8) is 0 Å². The van der Waals surface area contributed by atoms with Gasteiger partial charge in [-0.1, -0.05) is 25.5 Å². The molecule has 1 aromatic carbocycles. The number of rotatable bonds is 8. The van der Waals surface area contributed by atoms with E-state index in [0.717, 1.165) is 37.1 Å². The number of piperazine rings is 1. The number of carbonyl (C=O) groups is 2. The van der Waals surface area contributed by atoms with Gasteiger partial charge in [0, 0.05) is 45.7 Å². The zero-order chi connectivity index (χ0) is 25.2. The van der Waals surface area contributed by atoms with E-state index in [9.17, 15) is 26.4 Å². The van der Waals surface area contributed by atoms with E-state index in [1.54, 1.807) is 6.07 Å². The van der Waals surface area contributed by atoms with Gasteiger partial charge in [0.05, 0.1) is 4.90 Å². The molecule has 1 aromatic rings. The summed E-state index contributed by atoms with van der Waals surface area (Å²) in [5.74, 6) is -2.73. The third-order valence-corrected chi connectivity index (χ3v) is 7.05. The fraction of sp³-hybridized carbons (Fsp3) is 0.619. The molecule has 2 rings (SSSR count). The van der Waals surface area contributed by atoms with Crippen molar-refractivity contribution in [1.82, 2.24) is 14.5 Å². The summed E-state index contributed by atoms with van der Waals surface area (Å²) in [6.45, 7) is 9.40. The first-order valence-electron chi connectivity index (χ1n) is 10.7. The Morgan fingerprint density at radius 2 is 1.73 bits per heavy atom. The summed E-state index contributed by atoms with van der Waals surface area (Å²) in [6.07, 6.45) is -3.16. The summed E-state index contributed by atoms with van der Waals surface area (Å²) in [5, 5.41) is 10.3. The van der Waals surface area contributed by atoms with Gasteiger partial charge in [0.15, 0.2) is 0 Å². The van der Waals surface area contributed by atoms with Crippen molar-refractivity contribution in [3.05, 3.63) is 29.3 Å². The molecule has 1 fully saturated rings. The number of carboxylic acids is 1. The zero-order valence-corrected chi connectivity index (χ0v) is 19.9. The molecule has 0 aromatic heterocycles. The number of carbonyl (C=O) groups excluding carboxylic acids is 1. The van der Waals surface area contributed by atoms with Gasteiger partial charge in [0.25, 0.3) is 0 Å². The van der Waals surface area contributed by atoms with Crippen molar-refractivity contribution in [3.8, 4) is 0 Å². The number of carboxylic acid groups (broad SMARTS) is 1. The molecule has 0 unspecified atom stereocenters. The number of nitrogens with zero attached hydrogens (tertiary/aromatic N) is 2. The average molecular weight is 496 g/mol. The fourth-order valence-corrected chi connectivity index (χ4v) is 4.89. The van der Waals surface area contributed by atoms with E-state index < -0.39 is 22.2 Å². The van der Waals surface area contributed by atoms with Crippen molar-refractivity contribution >= 4 is 21.9 Å². The van der Waals surface area contributed by atoms with Crippen LogP contribution in [0.5, 0.6) is 0 Å². The number of sulfonamides is 1. The molecule has 1 heterocycles. The van der Waals surface area contributed by atoms with Crippen molar-refractivity contribution in [2.45, 2.75) is 51.1 Å². The number of unbranched alkanes of at least 4 members (excludes halogenated alkanes) is 1. The summed E-state index contributed by atoms with van der Waals surface area (Å²) >= 11 is 0. The summed E-state index contributed by atoms with van der Waals surface area (Å²) in [5.41, 5.74) is 1.66. The van der Waals surface area contributed by atoms with Gasteiger partial charge >= 0.3 is 12.1 Å². The number of aryl methyl sites for hydroxylation is 2. The first-order chi connectivity index (χ1) is 15.3. The van der Waals surface area contributed by atoms with E-state index >= 15 is 0 Å². The van der Waals surface area contributed by atoms with Gasteiger partial charge in [-0.2, -0.15) is 17.5 Å². The molecule has 12 heteroatoms. The number of alkyl halides is 3. The lowest BCUT2D eigenvalue weighted by atomic mass is 10.2. The van der Waals surface area contributed by atoms with Gasteiger partial charge in [-0.15, -0.1) is 0 Å². The molecule has 0 atom stereocenters. The van der Waals surface area contributed by atoms with E-state index in [-0.39, 0.29) is 18.9 Å². The number of benzene rings is 1. The lowest BCUT2D eigenvalue weighted by Gasteiger charge is -2.29. The Bertz CT molecular complexity index is 901. The molecular weight excluding hydrogens is 463 g/mol. The lowest BCUT2D eigenvalue weighted by molar-refractivity contribution is -0.192. The second-order valence-corrected chi connectivity index (χ2v) is 9.62. The Morgan fingerprint density at radius 1 is 1.15 bits per heavy atom. The number of hydrogen-bond donors (Lipinski definition) is 2. The average Bonchev–Trinajstić information content (AvgIpc) is 2.75. The highest BCUT2D eigenvalue weighted by Crippen LogP contribution is 2.22. The zero-order valence-electron chi connectivity index (χ0n) is 19.1. The SMILES string of the molecule is CCCCN(CCC(=O)N1CCNCC1)S(=O)(=O)c1cc(C)ccc1C.O=C(O)C(F)(F)F. The first kappa shape index (κ1) is 28.9. The third-order valence-electron chi connectivity index (χ3n) is 5.01. The fourth-order valence-electron chi connectivity index (χ4n) is 3.10. The number of hydrogen-bond acceptors (Lipinski definition) is 5. The number of halogens is 3. The predicted molar refractivity (Wildman–Crippen MR) is 117 cm³/mol. The van der Waals surface area contributed by atoms with Gasteiger partial charge in [-0.25, -0.2) is 13.2 Å². The van der Waals surface area contributed by atoms with Gasteiger partial charge in [0.1, 0.15) is 0 Å². The third kappa shape index (κ3) is 9.30. The highest BCUT2D eigenvalue weighted by Gasteiger charge is 2.38. The van der Waals surface area contributed by atoms with Gasteiger partial charge in [-0.05, 0) is 37.5 Å². The molecule has 1 aliphatic rings. The molecule has 0 spiro atoms. The first-order valence-corrected chi connectivity index (χ1v) is 12.1. The van der Waals surface area contributed by atoms with Crippen LogP contribution in [-0.2, 0) is 19.6 Å². The van der Waals surface area contributed by atoms with E-state index in [1.807, 2.05) is 37.8 Å². The van der Waals surface area contributed by atoms with E-state index in [0.29, 0.717) is 24.5 Å². The maximum atomic E-state index is 13.2. The smallest absolute Gasteiger partial charge is 0.475 e. The normalized spacial score (nSPS) is 14.6. The van der Waals surface area contributed by atoms with Crippen LogP contribution in [0, 0.1) is 13.8 Å². The van der Waals surface area contributed by atoms with Crippen LogP contribution in [-0.4, -0.2) is 80.1 Å². The Hall–Kier alpha value is -2.18. The summed E-state index contributed by atoms with van der Waals surface area (Å²) in [7, 11) is -3.60. The second kappa shape index (κ2) is 12.9. The van der Waals surface area contributed by atoms with Crippen LogP contribution in [0.1, 0.15) is 37.3 Å². The molecule has 1 saturated heterocycles. The minimum Gasteiger partial charge on any atom is -0.475 e. The van der Waals surface area contributed by atoms with Crippen LogP contribution < -0.4 is 5.32 Å². The van der Waals surface area contributed by atoms with Gasteiger partial charge in [-0.3, -0.25) is 4.79 Å². The number of amides is 1. The molecule has 0 saturated carbocycles. The predicted octanol–water partition coefficient (Wildman–Crippen LogP) is 2.55. The minimum atomic E-state index is -5.08. The molecule has 1 amide bonds. The van der Waals surface area contributed by atoms with Crippen molar-refractivity contribution < 1.29 is 36.3 Å². The van der Waals surface area contributed by atoms with Crippen molar-refractivity contribution in [2.24, 2.45) is 0 Å². The molecule has 8 nitrogen and oxygen atoms in total. The summed E-state index contributed by atoms with van der Waals surface area (Å²) in [4.78, 5) is 23.5. The largest absolute Gasteiger partial charge is 0.490 e. The lowest BCUT2D eigenvalue weighted by Crippen LogP contribution is -2.47. The Kier molecular flexibility index (Phi) is 11.3. The van der Waals surface area contributed by atoms with E-state index in [2.05, 4.69) is 5.32 Å². The van der Waals surface area contributed by atoms with Crippen molar-refractivity contribution in [2.75, 3.05) is 39.3 Å². The van der Waals surface area contributed by atoms with Crippen LogP contribution in [0.4, 0.5) is 13.2 Å². The maximum absolute atomic E-state index is 13.2. The topological polar surface area (TPSA) is 107 Å². The Labute approximate surface area is 192 Å². The summed E-state index contributed by atoms with van der Waals surface area (Å²) < 4.78 is 59.6. The standard InChI is InChI=1S/C19H31N3O3S.C2HF3O2/c1-4-5-11-22(12-8-19(23)21-13-9-20-10-14-21)26(24,25)18-15-16(2)6-7-17(18)3;3-2(4,5)1(6)7/h6-7,15,20H,4-5,8-14H2,1-3H3;(H,6,7). The van der Waals surface area contributed by atoms with Crippen LogP contribution in [0.15, 0.2) is 23.1 Å². The molecule has 33 heavy (non-hydrogen) atoms. The molecule has 0 radical (unpaired) electrons. The molecular formula is C21H32F3N3O5S. The number of nitrogens with one attached hydrogen (secondary N) is 1. The molecule has 0 bridgehead atoms. The van der Waals surface area contributed by atoms with Crippen LogP contribution >= 0.6 is 0 Å². The maximum Gasteiger partial charge on any atom is 0.490 e. The van der Waals surface area contributed by atoms with Crippen LogP contribution in [0.2, 0.25) is 0 Å². The molecule has 0 aliphatic carbocycles. The monoisotopic (exact) mass is 495 g/mol. The second-order valence-electron chi connectivity index (χ2n) is 7.71. The van der Waals surface area contributed by atoms with Crippen molar-refractivity contribution in [1.29, 1.82) is 0 Å².